The molecule has 0 aliphatic rings. The molecule has 9 heteroatoms. The summed E-state index contributed by atoms with van der Waals surface area (Å²) < 4.78 is 18.5. The van der Waals surface area contributed by atoms with Crippen molar-refractivity contribution in [1.82, 2.24) is 20.1 Å². The van der Waals surface area contributed by atoms with E-state index in [1.807, 2.05) is 0 Å². The first-order chi connectivity index (χ1) is 10.1. The monoisotopic (exact) mass is 352 g/mol. The fourth-order valence-corrected chi connectivity index (χ4v) is 2.08. The normalized spacial score (nSPS) is 10.8. The number of aromatic carboxylic acids is 1. The average molecular weight is 353 g/mol. The van der Waals surface area contributed by atoms with Crippen LogP contribution >= 0.6 is 15.9 Å². The Bertz CT molecular complexity index is 830. The van der Waals surface area contributed by atoms with E-state index in [-0.39, 0.29) is 27.6 Å². The largest absolute Gasteiger partial charge is 0.476 e. The van der Waals surface area contributed by atoms with Crippen molar-refractivity contribution in [2.75, 3.05) is 0 Å². The summed E-state index contributed by atoms with van der Waals surface area (Å²) in [5.74, 6) is -1.43. The smallest absolute Gasteiger partial charge is 0.356 e. The Kier molecular flexibility index (Phi) is 3.26. The van der Waals surface area contributed by atoms with Crippen molar-refractivity contribution in [2.45, 2.75) is 0 Å². The molecule has 0 bridgehead atoms. The van der Waals surface area contributed by atoms with Gasteiger partial charge in [-0.05, 0) is 34.1 Å². The van der Waals surface area contributed by atoms with Crippen molar-refractivity contribution < 1.29 is 18.8 Å². The number of carbonyl (C=O) groups is 1. The molecule has 0 aliphatic heterocycles. The highest BCUT2D eigenvalue weighted by Gasteiger charge is 2.20. The Morgan fingerprint density at radius 2 is 2.24 bits per heavy atom. The molecule has 21 heavy (non-hydrogen) atoms. The van der Waals surface area contributed by atoms with Crippen LogP contribution in [0.5, 0.6) is 0 Å². The molecule has 0 atom stereocenters. The molecule has 3 rings (SSSR count). The molecule has 0 fully saturated rings. The lowest BCUT2D eigenvalue weighted by atomic mass is 10.2. The first-order valence-electron chi connectivity index (χ1n) is 5.62. The van der Waals surface area contributed by atoms with Crippen LogP contribution in [0.25, 0.3) is 23.0 Å². The lowest BCUT2D eigenvalue weighted by Crippen LogP contribution is -1.99. The summed E-state index contributed by atoms with van der Waals surface area (Å²) in [6.07, 6.45) is 1.22. The van der Waals surface area contributed by atoms with Crippen LogP contribution in [0.15, 0.2) is 33.5 Å². The number of hydrogen-bond acceptors (Lipinski definition) is 5. The number of imidazole rings is 1. The maximum Gasteiger partial charge on any atom is 0.356 e. The zero-order chi connectivity index (χ0) is 15.0. The van der Waals surface area contributed by atoms with E-state index in [4.69, 9.17) is 9.63 Å². The Morgan fingerprint density at radius 3 is 2.95 bits per heavy atom. The molecule has 0 saturated carbocycles. The minimum atomic E-state index is -1.21. The van der Waals surface area contributed by atoms with E-state index in [0.29, 0.717) is 5.56 Å². The molecule has 0 saturated heterocycles. The maximum absolute atomic E-state index is 13.2. The molecule has 3 aromatic rings. The van der Waals surface area contributed by atoms with E-state index in [1.165, 1.54) is 24.5 Å². The molecule has 1 aromatic carbocycles. The summed E-state index contributed by atoms with van der Waals surface area (Å²) in [6.45, 7) is 0. The SMILES string of the molecule is O=C(O)c1nc[nH]c1-c1nc(-c2ccc(F)c(Br)c2)no1. The van der Waals surface area contributed by atoms with Gasteiger partial charge in [-0.15, -0.1) is 0 Å². The number of carboxylic acid groups (broad SMARTS) is 1. The molecule has 2 N–H and O–H groups in total. The molecular weight excluding hydrogens is 347 g/mol. The number of halogens is 2. The van der Waals surface area contributed by atoms with Gasteiger partial charge in [-0.25, -0.2) is 14.2 Å². The maximum atomic E-state index is 13.2. The van der Waals surface area contributed by atoms with Gasteiger partial charge in [0.25, 0.3) is 5.89 Å². The highest BCUT2D eigenvalue weighted by molar-refractivity contribution is 9.10. The number of hydrogen-bond donors (Lipinski definition) is 2. The highest BCUT2D eigenvalue weighted by atomic mass is 79.9. The summed E-state index contributed by atoms with van der Waals surface area (Å²) in [4.78, 5) is 21.4. The number of nitrogens with one attached hydrogen (secondary N) is 1. The van der Waals surface area contributed by atoms with Gasteiger partial charge in [-0.2, -0.15) is 4.98 Å². The van der Waals surface area contributed by atoms with E-state index in [9.17, 15) is 9.18 Å². The molecule has 0 radical (unpaired) electrons. The summed E-state index contributed by atoms with van der Waals surface area (Å²) in [7, 11) is 0. The molecule has 7 nitrogen and oxygen atoms in total. The fourth-order valence-electron chi connectivity index (χ4n) is 1.70. The molecule has 0 aliphatic carbocycles. The van der Waals surface area contributed by atoms with Crippen LogP contribution in [0.2, 0.25) is 0 Å². The van der Waals surface area contributed by atoms with Crippen LogP contribution in [-0.2, 0) is 0 Å². The topological polar surface area (TPSA) is 105 Å². The highest BCUT2D eigenvalue weighted by Crippen LogP contribution is 2.26. The zero-order valence-corrected chi connectivity index (χ0v) is 11.8. The number of rotatable bonds is 3. The average Bonchev–Trinajstić information content (AvgIpc) is 3.09. The van der Waals surface area contributed by atoms with Crippen LogP contribution in [0.4, 0.5) is 4.39 Å². The van der Waals surface area contributed by atoms with Gasteiger partial charge in [0.05, 0.1) is 10.8 Å². The second kappa shape index (κ2) is 5.09. The molecule has 0 amide bonds. The molecule has 2 aromatic heterocycles. The number of benzene rings is 1. The quantitative estimate of drug-likeness (QED) is 0.750. The van der Waals surface area contributed by atoms with Gasteiger partial charge in [0.2, 0.25) is 5.82 Å². The van der Waals surface area contributed by atoms with E-state index in [0.717, 1.165) is 0 Å². The predicted molar refractivity (Wildman–Crippen MR) is 71.9 cm³/mol. The molecule has 106 valence electrons. The third-order valence-corrected chi connectivity index (χ3v) is 3.27. The Balaban J connectivity index is 2.01. The Morgan fingerprint density at radius 1 is 1.43 bits per heavy atom. The van der Waals surface area contributed by atoms with Gasteiger partial charge in [-0.1, -0.05) is 5.16 Å². The van der Waals surface area contributed by atoms with E-state index in [1.54, 1.807) is 0 Å². The predicted octanol–water partition coefficient (Wildman–Crippen LogP) is 2.73. The third-order valence-electron chi connectivity index (χ3n) is 2.66. The van der Waals surface area contributed by atoms with Crippen LogP contribution in [0.1, 0.15) is 10.5 Å². The number of aromatic amines is 1. The second-order valence-corrected chi connectivity index (χ2v) is 4.84. The number of carboxylic acids is 1. The molecule has 0 unspecified atom stereocenters. The van der Waals surface area contributed by atoms with Gasteiger partial charge in [0.1, 0.15) is 11.5 Å². The second-order valence-electron chi connectivity index (χ2n) is 3.98. The molecular formula is C12H6BrFN4O3. The standard InChI is InChI=1S/C12H6BrFN4O3/c13-6-3-5(1-2-7(6)14)10-17-11(21-18-10)8-9(12(19)20)16-4-15-8/h1-4H,(H,15,16)(H,19,20). The summed E-state index contributed by atoms with van der Waals surface area (Å²) in [5, 5.41) is 12.7. The summed E-state index contributed by atoms with van der Waals surface area (Å²) >= 11 is 3.06. The lowest BCUT2D eigenvalue weighted by Gasteiger charge is -1.96. The summed E-state index contributed by atoms with van der Waals surface area (Å²) in [6, 6.07) is 4.24. The number of aromatic nitrogens is 4. The van der Waals surface area contributed by atoms with Crippen molar-refractivity contribution in [3.63, 3.8) is 0 Å². The van der Waals surface area contributed by atoms with Crippen molar-refractivity contribution >= 4 is 21.9 Å². The van der Waals surface area contributed by atoms with Gasteiger partial charge in [-0.3, -0.25) is 0 Å². The third kappa shape index (κ3) is 2.42. The van der Waals surface area contributed by atoms with Crippen molar-refractivity contribution in [1.29, 1.82) is 0 Å². The van der Waals surface area contributed by atoms with Crippen molar-refractivity contribution in [2.24, 2.45) is 0 Å². The minimum Gasteiger partial charge on any atom is -0.476 e. The first-order valence-corrected chi connectivity index (χ1v) is 6.41. The van der Waals surface area contributed by atoms with Crippen molar-refractivity contribution in [3.8, 4) is 23.0 Å². The van der Waals surface area contributed by atoms with E-state index in [2.05, 4.69) is 36.0 Å². The van der Waals surface area contributed by atoms with Crippen molar-refractivity contribution in [3.05, 3.63) is 40.5 Å². The van der Waals surface area contributed by atoms with Gasteiger partial charge in [0, 0.05) is 5.56 Å². The van der Waals surface area contributed by atoms with E-state index >= 15 is 0 Å². The molecule has 2 heterocycles. The van der Waals surface area contributed by atoms with Crippen LogP contribution in [0.3, 0.4) is 0 Å². The lowest BCUT2D eigenvalue weighted by molar-refractivity contribution is 0.0691. The number of H-pyrrole nitrogens is 1. The van der Waals surface area contributed by atoms with Crippen LogP contribution in [0, 0.1) is 5.82 Å². The fraction of sp³-hybridized carbons (Fsp3) is 0. The Hall–Kier alpha value is -2.55. The first kappa shape index (κ1) is 13.4. The van der Waals surface area contributed by atoms with Crippen LogP contribution < -0.4 is 0 Å². The number of nitrogens with zero attached hydrogens (tertiary/aromatic N) is 3. The summed E-state index contributed by atoms with van der Waals surface area (Å²) in [5.41, 5.74) is 0.419. The molecule has 0 spiro atoms. The van der Waals surface area contributed by atoms with Gasteiger partial charge in [0.15, 0.2) is 5.69 Å². The minimum absolute atomic E-state index is 0.0136. The zero-order valence-electron chi connectivity index (χ0n) is 10.2. The van der Waals surface area contributed by atoms with E-state index < -0.39 is 11.8 Å². The Labute approximate surface area is 125 Å². The van der Waals surface area contributed by atoms with Gasteiger partial charge >= 0.3 is 5.97 Å². The van der Waals surface area contributed by atoms with Crippen LogP contribution in [-0.4, -0.2) is 31.2 Å². The van der Waals surface area contributed by atoms with Gasteiger partial charge < -0.3 is 14.6 Å².